The van der Waals surface area contributed by atoms with Gasteiger partial charge in [0.1, 0.15) is 0 Å². The molecule has 0 aliphatic carbocycles. The number of fused-ring (bicyclic) bond motifs is 1. The fourth-order valence-electron chi connectivity index (χ4n) is 3.28. The Kier molecular flexibility index (Phi) is 4.13. The summed E-state index contributed by atoms with van der Waals surface area (Å²) in [5, 5.41) is 24.6. The molecule has 0 bridgehead atoms. The molecule has 1 aliphatic heterocycles. The second-order valence-corrected chi connectivity index (χ2v) is 6.72. The lowest BCUT2D eigenvalue weighted by atomic mass is 10.0. The van der Waals surface area contributed by atoms with E-state index >= 15 is 0 Å². The van der Waals surface area contributed by atoms with Crippen LogP contribution in [0.4, 0.5) is 0 Å². The fourth-order valence-corrected chi connectivity index (χ4v) is 3.28. The third-order valence-electron chi connectivity index (χ3n) is 4.80. The molecular formula is C21H17N3O4. The average molecular weight is 375 g/mol. The second-order valence-electron chi connectivity index (χ2n) is 6.72. The molecule has 1 amide bonds. The van der Waals surface area contributed by atoms with Crippen LogP contribution in [0.15, 0.2) is 48.5 Å². The van der Waals surface area contributed by atoms with Gasteiger partial charge in [-0.15, -0.1) is 0 Å². The molecule has 2 heterocycles. The van der Waals surface area contributed by atoms with Gasteiger partial charge in [0, 0.05) is 31.0 Å². The zero-order valence-corrected chi connectivity index (χ0v) is 15.1. The first-order chi connectivity index (χ1) is 13.4. The number of carboxylic acids is 1. The predicted molar refractivity (Wildman–Crippen MR) is 102 cm³/mol. The highest BCUT2D eigenvalue weighted by Gasteiger charge is 2.42. The number of carbonyl (C=O) groups is 2. The van der Waals surface area contributed by atoms with E-state index in [4.69, 9.17) is 0 Å². The van der Waals surface area contributed by atoms with Crippen molar-refractivity contribution in [1.29, 1.82) is 0 Å². The first kappa shape index (κ1) is 17.8. The molecule has 0 unspecified atom stereocenters. The molecule has 0 spiro atoms. The molecule has 3 aromatic rings. The van der Waals surface area contributed by atoms with Crippen molar-refractivity contribution in [2.45, 2.75) is 12.0 Å². The summed E-state index contributed by atoms with van der Waals surface area (Å²) in [6.07, 6.45) is 0.265. The van der Waals surface area contributed by atoms with Crippen molar-refractivity contribution in [2.75, 3.05) is 13.6 Å². The van der Waals surface area contributed by atoms with Gasteiger partial charge in [-0.3, -0.25) is 4.79 Å². The van der Waals surface area contributed by atoms with Crippen LogP contribution in [0.25, 0.3) is 16.6 Å². The molecule has 0 radical (unpaired) electrons. The Bertz CT molecular complexity index is 1170. The monoisotopic (exact) mass is 375 g/mol. The zero-order valence-electron chi connectivity index (χ0n) is 15.1. The number of hydrogen-bond acceptors (Lipinski definition) is 4. The van der Waals surface area contributed by atoms with Gasteiger partial charge in [-0.05, 0) is 24.3 Å². The number of nitrogens with zero attached hydrogens (tertiary/aromatic N) is 3. The Labute approximate surface area is 160 Å². The van der Waals surface area contributed by atoms with Crippen LogP contribution in [-0.4, -0.2) is 56.0 Å². The van der Waals surface area contributed by atoms with Crippen molar-refractivity contribution in [1.82, 2.24) is 14.7 Å². The lowest BCUT2D eigenvalue weighted by Crippen LogP contribution is -2.37. The number of carboxylic acid groups (broad SMARTS) is 1. The van der Waals surface area contributed by atoms with Crippen LogP contribution >= 0.6 is 0 Å². The molecule has 1 aromatic heterocycles. The number of benzene rings is 2. The zero-order chi connectivity index (χ0) is 19.9. The number of likely N-dealkylation sites (N-methyl/N-ethyl adjacent to an activating group) is 1. The Morgan fingerprint density at radius 2 is 2.00 bits per heavy atom. The maximum absolute atomic E-state index is 12.1. The minimum atomic E-state index is -1.67. The molecule has 0 saturated carbocycles. The summed E-state index contributed by atoms with van der Waals surface area (Å²) in [5.41, 5.74) is 0.193. The lowest BCUT2D eigenvalue weighted by molar-refractivity contribution is -0.137. The lowest BCUT2D eigenvalue weighted by Gasteiger charge is -2.13. The van der Waals surface area contributed by atoms with Gasteiger partial charge in [0.2, 0.25) is 5.60 Å². The van der Waals surface area contributed by atoms with Crippen LogP contribution in [-0.2, 0) is 4.79 Å². The molecule has 140 valence electrons. The molecular weight excluding hydrogens is 358 g/mol. The van der Waals surface area contributed by atoms with E-state index in [1.807, 2.05) is 6.07 Å². The molecule has 1 fully saturated rings. The Morgan fingerprint density at radius 3 is 2.71 bits per heavy atom. The summed E-state index contributed by atoms with van der Waals surface area (Å²) in [5.74, 6) is 4.04. The molecule has 2 N–H and O–H groups in total. The fraction of sp³-hybridized carbons (Fsp3) is 0.190. The first-order valence-electron chi connectivity index (χ1n) is 8.72. The minimum Gasteiger partial charge on any atom is -0.476 e. The van der Waals surface area contributed by atoms with E-state index in [0.717, 1.165) is 0 Å². The standard InChI is InChI=1S/C21H17N3O4/c1-23-12-11-21(28,20(23)27)10-9-14-5-4-6-15(13-14)24-17-8-3-2-7-16(17)18(22-24)19(25)26/h2-8,13,28H,11-12H2,1H3,(H,25,26)/t21-/m1/s1. The molecule has 1 atom stereocenters. The van der Waals surface area contributed by atoms with Crippen LogP contribution in [0, 0.1) is 11.8 Å². The number of aromatic nitrogens is 2. The third-order valence-corrected chi connectivity index (χ3v) is 4.80. The van der Waals surface area contributed by atoms with Crippen LogP contribution in [0.5, 0.6) is 0 Å². The topological polar surface area (TPSA) is 95.7 Å². The number of hydrogen-bond donors (Lipinski definition) is 2. The highest BCUT2D eigenvalue weighted by Crippen LogP contribution is 2.23. The molecule has 7 heteroatoms. The van der Waals surface area contributed by atoms with E-state index in [9.17, 15) is 19.8 Å². The van der Waals surface area contributed by atoms with E-state index < -0.39 is 17.5 Å². The van der Waals surface area contributed by atoms with E-state index in [1.54, 1.807) is 54.2 Å². The van der Waals surface area contributed by atoms with Gasteiger partial charge < -0.3 is 15.1 Å². The smallest absolute Gasteiger partial charge is 0.357 e. The maximum atomic E-state index is 12.1. The maximum Gasteiger partial charge on any atom is 0.357 e. The quantitative estimate of drug-likeness (QED) is 0.665. The molecule has 7 nitrogen and oxygen atoms in total. The Balaban J connectivity index is 1.76. The van der Waals surface area contributed by atoms with E-state index in [2.05, 4.69) is 16.9 Å². The molecule has 28 heavy (non-hydrogen) atoms. The van der Waals surface area contributed by atoms with Crippen molar-refractivity contribution in [3.63, 3.8) is 0 Å². The SMILES string of the molecule is CN1CC[C@](O)(C#Cc2cccc(-n3nc(C(=O)O)c4ccccc43)c2)C1=O. The van der Waals surface area contributed by atoms with E-state index in [1.165, 1.54) is 4.90 Å². The summed E-state index contributed by atoms with van der Waals surface area (Å²) in [6, 6.07) is 14.1. The first-order valence-corrected chi connectivity index (χ1v) is 8.72. The van der Waals surface area contributed by atoms with Crippen LogP contribution in [0.2, 0.25) is 0 Å². The molecule has 2 aromatic carbocycles. The number of likely N-dealkylation sites (tertiary alicyclic amines) is 1. The Morgan fingerprint density at radius 1 is 1.21 bits per heavy atom. The number of aromatic carboxylic acids is 1. The van der Waals surface area contributed by atoms with Crippen molar-refractivity contribution < 1.29 is 19.8 Å². The van der Waals surface area contributed by atoms with Gasteiger partial charge in [-0.2, -0.15) is 5.10 Å². The summed E-state index contributed by atoms with van der Waals surface area (Å²) in [6.45, 7) is 0.460. The van der Waals surface area contributed by atoms with Crippen molar-refractivity contribution in [2.24, 2.45) is 0 Å². The number of para-hydroxylation sites is 1. The number of amides is 1. The predicted octanol–water partition coefficient (Wildman–Crippen LogP) is 1.67. The third kappa shape index (κ3) is 2.90. The molecule has 1 aliphatic rings. The van der Waals surface area contributed by atoms with Gasteiger partial charge in [0.15, 0.2) is 5.69 Å². The van der Waals surface area contributed by atoms with Crippen molar-refractivity contribution >= 4 is 22.8 Å². The average Bonchev–Trinajstić information content (AvgIpc) is 3.21. The van der Waals surface area contributed by atoms with Gasteiger partial charge in [-0.1, -0.05) is 36.1 Å². The number of rotatable bonds is 2. The summed E-state index contributed by atoms with van der Waals surface area (Å²) in [7, 11) is 1.63. The number of carbonyl (C=O) groups excluding carboxylic acids is 1. The largest absolute Gasteiger partial charge is 0.476 e. The van der Waals surface area contributed by atoms with Crippen molar-refractivity contribution in [3.05, 3.63) is 59.8 Å². The molecule has 1 saturated heterocycles. The Hall–Kier alpha value is -3.63. The highest BCUT2D eigenvalue weighted by molar-refractivity contribution is 6.01. The number of aliphatic hydroxyl groups is 1. The van der Waals surface area contributed by atoms with Gasteiger partial charge in [0.25, 0.3) is 5.91 Å². The van der Waals surface area contributed by atoms with Crippen LogP contribution in [0.3, 0.4) is 0 Å². The van der Waals surface area contributed by atoms with Crippen LogP contribution in [0.1, 0.15) is 22.5 Å². The highest BCUT2D eigenvalue weighted by atomic mass is 16.4. The second kappa shape index (κ2) is 6.51. The summed E-state index contributed by atoms with van der Waals surface area (Å²) >= 11 is 0. The van der Waals surface area contributed by atoms with Gasteiger partial charge in [0.05, 0.1) is 11.2 Å². The van der Waals surface area contributed by atoms with Crippen molar-refractivity contribution in [3.8, 4) is 17.5 Å². The van der Waals surface area contributed by atoms with Gasteiger partial charge >= 0.3 is 5.97 Å². The van der Waals surface area contributed by atoms with Gasteiger partial charge in [-0.25, -0.2) is 9.48 Å². The summed E-state index contributed by atoms with van der Waals surface area (Å²) < 4.78 is 1.55. The minimum absolute atomic E-state index is 0.0269. The molecule has 4 rings (SSSR count). The normalized spacial score (nSPS) is 18.9. The van der Waals surface area contributed by atoms with E-state index in [-0.39, 0.29) is 12.1 Å². The van der Waals surface area contributed by atoms with Crippen LogP contribution < -0.4 is 0 Å². The van der Waals surface area contributed by atoms with E-state index in [0.29, 0.717) is 28.7 Å². The summed E-state index contributed by atoms with van der Waals surface area (Å²) in [4.78, 5) is 25.0.